The SMILES string of the molecule is c1ccc([C@@H]2Nc3ccccc3[C@@H]3c4ccccc4C[C@@H]32)nc1. The zero-order valence-electron chi connectivity index (χ0n) is 12.8. The zero-order chi connectivity index (χ0) is 15.2. The van der Waals surface area contributed by atoms with E-state index in [2.05, 4.69) is 71.0 Å². The van der Waals surface area contributed by atoms with Gasteiger partial charge in [-0.05, 0) is 47.2 Å². The van der Waals surface area contributed by atoms with Crippen LogP contribution < -0.4 is 5.32 Å². The molecule has 2 aromatic carbocycles. The quantitative estimate of drug-likeness (QED) is 0.713. The average molecular weight is 298 g/mol. The molecule has 23 heavy (non-hydrogen) atoms. The van der Waals surface area contributed by atoms with E-state index in [4.69, 9.17) is 0 Å². The molecule has 0 saturated heterocycles. The van der Waals surface area contributed by atoms with E-state index in [-0.39, 0.29) is 6.04 Å². The number of anilines is 1. The van der Waals surface area contributed by atoms with Crippen molar-refractivity contribution in [3.8, 4) is 0 Å². The van der Waals surface area contributed by atoms with Crippen LogP contribution in [-0.4, -0.2) is 4.98 Å². The van der Waals surface area contributed by atoms with Crippen LogP contribution >= 0.6 is 0 Å². The third-order valence-electron chi connectivity index (χ3n) is 5.32. The van der Waals surface area contributed by atoms with Crippen LogP contribution in [0.1, 0.15) is 34.3 Å². The smallest absolute Gasteiger partial charge is 0.0725 e. The summed E-state index contributed by atoms with van der Waals surface area (Å²) in [4.78, 5) is 4.64. The molecule has 0 bridgehead atoms. The van der Waals surface area contributed by atoms with Gasteiger partial charge in [-0.15, -0.1) is 0 Å². The van der Waals surface area contributed by atoms with E-state index in [0.717, 1.165) is 12.1 Å². The lowest BCUT2D eigenvalue weighted by Crippen LogP contribution is -2.30. The number of fused-ring (bicyclic) bond motifs is 5. The number of nitrogens with zero attached hydrogens (tertiary/aromatic N) is 1. The summed E-state index contributed by atoms with van der Waals surface area (Å²) in [5.41, 5.74) is 6.80. The van der Waals surface area contributed by atoms with Crippen molar-refractivity contribution < 1.29 is 0 Å². The van der Waals surface area contributed by atoms with E-state index in [1.807, 2.05) is 12.3 Å². The molecule has 0 amide bonds. The second kappa shape index (κ2) is 4.95. The Balaban J connectivity index is 1.70. The molecule has 5 rings (SSSR count). The predicted octanol–water partition coefficient (Wildman–Crippen LogP) is 4.55. The lowest BCUT2D eigenvalue weighted by atomic mass is 9.76. The number of hydrogen-bond acceptors (Lipinski definition) is 2. The first-order valence-electron chi connectivity index (χ1n) is 8.26. The van der Waals surface area contributed by atoms with Crippen LogP contribution in [0.3, 0.4) is 0 Å². The molecule has 2 aliphatic rings. The molecule has 1 aliphatic carbocycles. The lowest BCUT2D eigenvalue weighted by Gasteiger charge is -2.37. The summed E-state index contributed by atoms with van der Waals surface area (Å²) in [6.45, 7) is 0. The molecule has 0 spiro atoms. The highest BCUT2D eigenvalue weighted by atomic mass is 15.0. The molecule has 3 aromatic rings. The van der Waals surface area contributed by atoms with Gasteiger partial charge in [-0.2, -0.15) is 0 Å². The Bertz CT molecular complexity index is 856. The maximum absolute atomic E-state index is 4.64. The van der Waals surface area contributed by atoms with Crippen molar-refractivity contribution in [2.45, 2.75) is 18.4 Å². The van der Waals surface area contributed by atoms with Gasteiger partial charge in [0.2, 0.25) is 0 Å². The summed E-state index contributed by atoms with van der Waals surface area (Å²) in [5.74, 6) is 0.993. The van der Waals surface area contributed by atoms with Crippen LogP contribution in [0.4, 0.5) is 5.69 Å². The van der Waals surface area contributed by atoms with Crippen molar-refractivity contribution >= 4 is 5.69 Å². The van der Waals surface area contributed by atoms with Gasteiger partial charge in [0.05, 0.1) is 11.7 Å². The molecule has 2 nitrogen and oxygen atoms in total. The first-order chi connectivity index (χ1) is 11.4. The van der Waals surface area contributed by atoms with Gasteiger partial charge in [-0.25, -0.2) is 0 Å². The first kappa shape index (κ1) is 12.9. The van der Waals surface area contributed by atoms with Crippen molar-refractivity contribution in [3.63, 3.8) is 0 Å². The van der Waals surface area contributed by atoms with Gasteiger partial charge in [0.15, 0.2) is 0 Å². The van der Waals surface area contributed by atoms with E-state index in [0.29, 0.717) is 11.8 Å². The Morgan fingerprint density at radius 1 is 0.826 bits per heavy atom. The van der Waals surface area contributed by atoms with Gasteiger partial charge in [0.25, 0.3) is 0 Å². The predicted molar refractivity (Wildman–Crippen MR) is 92.5 cm³/mol. The van der Waals surface area contributed by atoms with Crippen LogP contribution in [0, 0.1) is 5.92 Å². The fraction of sp³-hybridized carbons (Fsp3) is 0.190. The molecule has 0 fully saturated rings. The summed E-state index contributed by atoms with van der Waals surface area (Å²) in [6.07, 6.45) is 3.01. The monoisotopic (exact) mass is 298 g/mol. The minimum Gasteiger partial charge on any atom is -0.376 e. The molecule has 0 unspecified atom stereocenters. The number of hydrogen-bond donors (Lipinski definition) is 1. The molecule has 2 heteroatoms. The second-order valence-electron chi connectivity index (χ2n) is 6.51. The number of aromatic nitrogens is 1. The van der Waals surface area contributed by atoms with Crippen molar-refractivity contribution in [3.05, 3.63) is 95.3 Å². The van der Waals surface area contributed by atoms with Crippen LogP contribution in [-0.2, 0) is 6.42 Å². The third-order valence-corrected chi connectivity index (χ3v) is 5.32. The average Bonchev–Trinajstić information content (AvgIpc) is 3.01. The largest absolute Gasteiger partial charge is 0.376 e. The molecule has 1 aliphatic heterocycles. The van der Waals surface area contributed by atoms with Crippen molar-refractivity contribution in [2.24, 2.45) is 5.92 Å². The molecule has 112 valence electrons. The Labute approximate surface area is 136 Å². The van der Waals surface area contributed by atoms with Gasteiger partial charge in [-0.1, -0.05) is 48.5 Å². The fourth-order valence-corrected chi connectivity index (χ4v) is 4.36. The van der Waals surface area contributed by atoms with Crippen molar-refractivity contribution in [1.82, 2.24) is 4.98 Å². The van der Waals surface area contributed by atoms with Crippen molar-refractivity contribution in [2.75, 3.05) is 5.32 Å². The minimum absolute atomic E-state index is 0.267. The molecule has 0 radical (unpaired) electrons. The molecular formula is C21H18N2. The van der Waals surface area contributed by atoms with E-state index in [1.165, 1.54) is 22.4 Å². The normalized spacial score (nSPS) is 24.3. The third kappa shape index (κ3) is 1.91. The number of nitrogens with one attached hydrogen (secondary N) is 1. The van der Waals surface area contributed by atoms with E-state index in [9.17, 15) is 0 Å². The fourth-order valence-electron chi connectivity index (χ4n) is 4.36. The number of rotatable bonds is 1. The molecule has 3 atom stereocenters. The summed E-state index contributed by atoms with van der Waals surface area (Å²) < 4.78 is 0. The number of para-hydroxylation sites is 1. The van der Waals surface area contributed by atoms with Gasteiger partial charge < -0.3 is 5.32 Å². The van der Waals surface area contributed by atoms with E-state index in [1.54, 1.807) is 0 Å². The molecule has 1 N–H and O–H groups in total. The first-order valence-corrected chi connectivity index (χ1v) is 8.26. The Hall–Kier alpha value is -2.61. The van der Waals surface area contributed by atoms with Crippen LogP contribution in [0.15, 0.2) is 72.9 Å². The number of pyridine rings is 1. The summed E-state index contributed by atoms with van der Waals surface area (Å²) in [5, 5.41) is 3.76. The highest BCUT2D eigenvalue weighted by molar-refractivity contribution is 5.62. The maximum atomic E-state index is 4.64. The van der Waals surface area contributed by atoms with Crippen molar-refractivity contribution in [1.29, 1.82) is 0 Å². The van der Waals surface area contributed by atoms with Crippen LogP contribution in [0.25, 0.3) is 0 Å². The van der Waals surface area contributed by atoms with Crippen LogP contribution in [0.5, 0.6) is 0 Å². The van der Waals surface area contributed by atoms with Gasteiger partial charge in [0, 0.05) is 17.8 Å². The van der Waals surface area contributed by atoms with Gasteiger partial charge in [-0.3, -0.25) is 4.98 Å². The minimum atomic E-state index is 0.267. The standard InChI is InChI=1S/C21H18N2/c1-2-8-15-14(7-1)13-17-20(15)16-9-3-4-10-18(16)23-21(17)19-11-5-6-12-22-19/h1-12,17,20-21,23H,13H2/t17-,20-,21+/m0/s1. The Morgan fingerprint density at radius 3 is 2.48 bits per heavy atom. The summed E-state index contributed by atoms with van der Waals surface area (Å²) >= 11 is 0. The highest BCUT2D eigenvalue weighted by Gasteiger charge is 2.43. The molecule has 0 saturated carbocycles. The lowest BCUT2D eigenvalue weighted by molar-refractivity contribution is 0.414. The zero-order valence-corrected chi connectivity index (χ0v) is 12.8. The highest BCUT2D eigenvalue weighted by Crippen LogP contribution is 2.53. The van der Waals surface area contributed by atoms with Gasteiger partial charge >= 0.3 is 0 Å². The molecule has 1 aromatic heterocycles. The maximum Gasteiger partial charge on any atom is 0.0725 e. The summed E-state index contributed by atoms with van der Waals surface area (Å²) in [6, 6.07) is 24.1. The summed E-state index contributed by atoms with van der Waals surface area (Å²) in [7, 11) is 0. The van der Waals surface area contributed by atoms with E-state index < -0.39 is 0 Å². The molecular weight excluding hydrogens is 280 g/mol. The molecule has 2 heterocycles. The topological polar surface area (TPSA) is 24.9 Å². The second-order valence-corrected chi connectivity index (χ2v) is 6.51. The Morgan fingerprint density at radius 2 is 1.61 bits per heavy atom. The Kier molecular flexibility index (Phi) is 2.77. The van der Waals surface area contributed by atoms with E-state index >= 15 is 0 Å². The number of benzene rings is 2. The van der Waals surface area contributed by atoms with Crippen LogP contribution in [0.2, 0.25) is 0 Å². The van der Waals surface area contributed by atoms with Gasteiger partial charge in [0.1, 0.15) is 0 Å².